The fourth-order valence-corrected chi connectivity index (χ4v) is 1.44. The van der Waals surface area contributed by atoms with E-state index in [2.05, 4.69) is 12.7 Å². The molecule has 0 spiro atoms. The van der Waals surface area contributed by atoms with Gasteiger partial charge in [-0.2, -0.15) is 0 Å². The highest BCUT2D eigenvalue weighted by molar-refractivity contribution is 5.04. The summed E-state index contributed by atoms with van der Waals surface area (Å²) in [6.07, 6.45) is 10.4. The second-order valence-electron chi connectivity index (χ2n) is 2.92. The molecular weight excluding hydrogens is 136 g/mol. The minimum atomic E-state index is 0.707. The standard InChI is InChI=1S/C10H16O/c1-2-11-9-8-10-6-4-3-5-7-10/h2,8H,1,3-7,9H2. The highest BCUT2D eigenvalue weighted by Crippen LogP contribution is 2.22. The number of allylic oxidation sites excluding steroid dienone is 1. The molecule has 0 atom stereocenters. The van der Waals surface area contributed by atoms with Crippen LogP contribution >= 0.6 is 0 Å². The predicted octanol–water partition coefficient (Wildman–Crippen LogP) is 3.04. The molecule has 62 valence electrons. The van der Waals surface area contributed by atoms with Gasteiger partial charge in [0.2, 0.25) is 0 Å². The summed E-state index contributed by atoms with van der Waals surface area (Å²) >= 11 is 0. The number of rotatable bonds is 3. The van der Waals surface area contributed by atoms with Crippen molar-refractivity contribution < 1.29 is 4.74 Å². The molecule has 0 aliphatic heterocycles. The minimum Gasteiger partial charge on any atom is -0.498 e. The van der Waals surface area contributed by atoms with Gasteiger partial charge in [-0.15, -0.1) is 0 Å². The molecule has 11 heavy (non-hydrogen) atoms. The average molecular weight is 152 g/mol. The molecule has 1 heteroatoms. The summed E-state index contributed by atoms with van der Waals surface area (Å²) in [4.78, 5) is 0. The van der Waals surface area contributed by atoms with Crippen LogP contribution in [-0.2, 0) is 4.74 Å². The molecule has 0 aromatic carbocycles. The number of hydrogen-bond acceptors (Lipinski definition) is 1. The summed E-state index contributed by atoms with van der Waals surface area (Å²) in [5.74, 6) is 0. The first-order valence-electron chi connectivity index (χ1n) is 4.34. The lowest BCUT2D eigenvalue weighted by Crippen LogP contribution is -1.95. The van der Waals surface area contributed by atoms with Gasteiger partial charge in [0.15, 0.2) is 0 Å². The van der Waals surface area contributed by atoms with Crippen molar-refractivity contribution in [3.05, 3.63) is 24.5 Å². The van der Waals surface area contributed by atoms with Gasteiger partial charge in [-0.25, -0.2) is 0 Å². The molecule has 1 fully saturated rings. The Morgan fingerprint density at radius 1 is 1.27 bits per heavy atom. The van der Waals surface area contributed by atoms with Crippen molar-refractivity contribution in [3.8, 4) is 0 Å². The van der Waals surface area contributed by atoms with Crippen LogP contribution in [0.2, 0.25) is 0 Å². The minimum absolute atomic E-state index is 0.707. The van der Waals surface area contributed by atoms with Gasteiger partial charge in [-0.05, 0) is 31.8 Å². The van der Waals surface area contributed by atoms with E-state index in [1.54, 1.807) is 5.57 Å². The van der Waals surface area contributed by atoms with Crippen molar-refractivity contribution in [1.82, 2.24) is 0 Å². The van der Waals surface area contributed by atoms with E-state index in [1.807, 2.05) is 0 Å². The number of ether oxygens (including phenoxy) is 1. The van der Waals surface area contributed by atoms with Crippen LogP contribution in [0.3, 0.4) is 0 Å². The summed E-state index contributed by atoms with van der Waals surface area (Å²) in [6.45, 7) is 4.20. The first kappa shape index (κ1) is 8.38. The fraction of sp³-hybridized carbons (Fsp3) is 0.600. The molecule has 1 aliphatic carbocycles. The SMILES string of the molecule is C=COCC=C1CCCCC1. The van der Waals surface area contributed by atoms with Gasteiger partial charge in [0.05, 0.1) is 6.26 Å². The summed E-state index contributed by atoms with van der Waals surface area (Å²) < 4.78 is 5.02. The van der Waals surface area contributed by atoms with E-state index in [1.165, 1.54) is 38.4 Å². The van der Waals surface area contributed by atoms with E-state index in [-0.39, 0.29) is 0 Å². The largest absolute Gasteiger partial charge is 0.498 e. The maximum Gasteiger partial charge on any atom is 0.106 e. The Morgan fingerprint density at radius 3 is 2.64 bits per heavy atom. The topological polar surface area (TPSA) is 9.23 Å². The van der Waals surface area contributed by atoms with Crippen LogP contribution in [-0.4, -0.2) is 6.61 Å². The van der Waals surface area contributed by atoms with Gasteiger partial charge >= 0.3 is 0 Å². The molecule has 0 amide bonds. The zero-order chi connectivity index (χ0) is 7.94. The Balaban J connectivity index is 2.20. The third-order valence-electron chi connectivity index (χ3n) is 2.08. The van der Waals surface area contributed by atoms with E-state index < -0.39 is 0 Å². The van der Waals surface area contributed by atoms with Gasteiger partial charge in [-0.3, -0.25) is 0 Å². The molecule has 0 N–H and O–H groups in total. The molecule has 1 rings (SSSR count). The molecular formula is C10H16O. The first-order chi connectivity index (χ1) is 5.43. The van der Waals surface area contributed by atoms with E-state index in [0.717, 1.165) is 0 Å². The van der Waals surface area contributed by atoms with E-state index in [0.29, 0.717) is 6.61 Å². The molecule has 0 heterocycles. The molecule has 0 bridgehead atoms. The van der Waals surface area contributed by atoms with Crippen LogP contribution in [0.4, 0.5) is 0 Å². The molecule has 1 nitrogen and oxygen atoms in total. The van der Waals surface area contributed by atoms with Crippen molar-refractivity contribution in [1.29, 1.82) is 0 Å². The Morgan fingerprint density at radius 2 is 2.00 bits per heavy atom. The van der Waals surface area contributed by atoms with E-state index >= 15 is 0 Å². The van der Waals surface area contributed by atoms with Gasteiger partial charge in [0, 0.05) is 0 Å². The fourth-order valence-electron chi connectivity index (χ4n) is 1.44. The van der Waals surface area contributed by atoms with Gasteiger partial charge in [-0.1, -0.05) is 18.6 Å². The first-order valence-corrected chi connectivity index (χ1v) is 4.34. The zero-order valence-electron chi connectivity index (χ0n) is 7.01. The van der Waals surface area contributed by atoms with Crippen LogP contribution in [0.15, 0.2) is 24.5 Å². The van der Waals surface area contributed by atoms with Crippen molar-refractivity contribution >= 4 is 0 Å². The van der Waals surface area contributed by atoms with Crippen LogP contribution in [0.25, 0.3) is 0 Å². The van der Waals surface area contributed by atoms with Crippen LogP contribution in [0.1, 0.15) is 32.1 Å². The maximum absolute atomic E-state index is 5.02. The lowest BCUT2D eigenvalue weighted by molar-refractivity contribution is 0.289. The number of hydrogen-bond donors (Lipinski definition) is 0. The molecule has 0 saturated heterocycles. The van der Waals surface area contributed by atoms with E-state index in [9.17, 15) is 0 Å². The van der Waals surface area contributed by atoms with Crippen molar-refractivity contribution in [2.45, 2.75) is 32.1 Å². The average Bonchev–Trinajstić information content (AvgIpc) is 2.07. The summed E-state index contributed by atoms with van der Waals surface area (Å²) in [7, 11) is 0. The third kappa shape index (κ3) is 3.26. The normalized spacial score (nSPS) is 17.6. The van der Waals surface area contributed by atoms with Crippen molar-refractivity contribution in [3.63, 3.8) is 0 Å². The smallest absolute Gasteiger partial charge is 0.106 e. The molecule has 0 aromatic rings. The van der Waals surface area contributed by atoms with Crippen LogP contribution in [0.5, 0.6) is 0 Å². The van der Waals surface area contributed by atoms with Gasteiger partial charge < -0.3 is 4.74 Å². The Kier molecular flexibility index (Phi) is 3.81. The second kappa shape index (κ2) is 5.00. The quantitative estimate of drug-likeness (QED) is 0.343. The van der Waals surface area contributed by atoms with Crippen molar-refractivity contribution in [2.75, 3.05) is 6.61 Å². The summed E-state index contributed by atoms with van der Waals surface area (Å²) in [5.41, 5.74) is 1.57. The lowest BCUT2D eigenvalue weighted by Gasteiger charge is -2.12. The lowest BCUT2D eigenvalue weighted by atomic mass is 9.95. The predicted molar refractivity (Wildman–Crippen MR) is 47.3 cm³/mol. The van der Waals surface area contributed by atoms with Gasteiger partial charge in [0.1, 0.15) is 6.61 Å². The molecule has 0 unspecified atom stereocenters. The highest BCUT2D eigenvalue weighted by Gasteiger charge is 2.03. The summed E-state index contributed by atoms with van der Waals surface area (Å²) in [6, 6.07) is 0. The van der Waals surface area contributed by atoms with Crippen LogP contribution < -0.4 is 0 Å². The Bertz CT molecular complexity index is 139. The maximum atomic E-state index is 5.02. The zero-order valence-corrected chi connectivity index (χ0v) is 7.01. The Labute approximate surface area is 68.8 Å². The van der Waals surface area contributed by atoms with Gasteiger partial charge in [0.25, 0.3) is 0 Å². The Hall–Kier alpha value is -0.720. The molecule has 0 radical (unpaired) electrons. The third-order valence-corrected chi connectivity index (χ3v) is 2.08. The molecule has 1 aliphatic rings. The molecule has 0 aromatic heterocycles. The summed E-state index contributed by atoms with van der Waals surface area (Å²) in [5, 5.41) is 0. The van der Waals surface area contributed by atoms with E-state index in [4.69, 9.17) is 4.74 Å². The second-order valence-corrected chi connectivity index (χ2v) is 2.92. The highest BCUT2D eigenvalue weighted by atomic mass is 16.5. The van der Waals surface area contributed by atoms with Crippen molar-refractivity contribution in [2.24, 2.45) is 0 Å². The van der Waals surface area contributed by atoms with Crippen LogP contribution in [0, 0.1) is 0 Å². The monoisotopic (exact) mass is 152 g/mol. The molecule has 1 saturated carbocycles.